The molecule has 1 amide bonds. The van der Waals surface area contributed by atoms with Gasteiger partial charge in [0, 0.05) is 0 Å². The van der Waals surface area contributed by atoms with Crippen LogP contribution in [0, 0.1) is 5.82 Å². The van der Waals surface area contributed by atoms with Gasteiger partial charge in [0.25, 0.3) is 0 Å². The van der Waals surface area contributed by atoms with Crippen molar-refractivity contribution in [3.05, 3.63) is 48.3 Å². The number of aromatic nitrogens is 4. The van der Waals surface area contributed by atoms with E-state index in [1.54, 1.807) is 12.1 Å². The number of hydrogen-bond acceptors (Lipinski definition) is 5. The summed E-state index contributed by atoms with van der Waals surface area (Å²) in [4.78, 5) is 16.3. The van der Waals surface area contributed by atoms with Crippen LogP contribution in [0.3, 0.4) is 0 Å². The van der Waals surface area contributed by atoms with E-state index in [1.807, 2.05) is 24.3 Å². The Morgan fingerprint density at radius 3 is 2.96 bits per heavy atom. The van der Waals surface area contributed by atoms with Gasteiger partial charge < -0.3 is 5.32 Å². The Hall–Kier alpha value is -2.87. The number of benzene rings is 2. The molecule has 23 heavy (non-hydrogen) atoms. The molecule has 2 aromatic carbocycles. The zero-order chi connectivity index (χ0) is 15.8. The minimum absolute atomic E-state index is 0.0128. The van der Waals surface area contributed by atoms with Crippen molar-refractivity contribution in [3.8, 4) is 0 Å². The van der Waals surface area contributed by atoms with Crippen LogP contribution in [0.1, 0.15) is 0 Å². The SMILES string of the molecule is O=C(Cn1nnc2ccccc21)Nc1nc2c(F)cccc2s1. The van der Waals surface area contributed by atoms with Crippen LogP contribution in [-0.2, 0) is 11.3 Å². The van der Waals surface area contributed by atoms with E-state index in [2.05, 4.69) is 20.6 Å². The highest BCUT2D eigenvalue weighted by Crippen LogP contribution is 2.27. The van der Waals surface area contributed by atoms with Crippen LogP contribution >= 0.6 is 11.3 Å². The first kappa shape index (κ1) is 13.8. The van der Waals surface area contributed by atoms with Gasteiger partial charge in [-0.1, -0.05) is 34.7 Å². The van der Waals surface area contributed by atoms with Crippen LogP contribution in [0.15, 0.2) is 42.5 Å². The second-order valence-corrected chi connectivity index (χ2v) is 5.92. The minimum Gasteiger partial charge on any atom is -0.300 e. The molecule has 0 radical (unpaired) electrons. The zero-order valence-corrected chi connectivity index (χ0v) is 12.5. The van der Waals surface area contributed by atoms with Crippen molar-refractivity contribution >= 4 is 43.6 Å². The van der Waals surface area contributed by atoms with E-state index < -0.39 is 5.82 Å². The topological polar surface area (TPSA) is 72.7 Å². The lowest BCUT2D eigenvalue weighted by Crippen LogP contribution is -2.19. The van der Waals surface area contributed by atoms with E-state index in [4.69, 9.17) is 0 Å². The molecule has 2 heterocycles. The monoisotopic (exact) mass is 327 g/mol. The number of amides is 1. The lowest BCUT2D eigenvalue weighted by atomic mass is 10.3. The summed E-state index contributed by atoms with van der Waals surface area (Å²) >= 11 is 1.23. The van der Waals surface area contributed by atoms with Crippen LogP contribution in [0.25, 0.3) is 21.3 Å². The van der Waals surface area contributed by atoms with Gasteiger partial charge >= 0.3 is 0 Å². The molecular weight excluding hydrogens is 317 g/mol. The van der Waals surface area contributed by atoms with Crippen LogP contribution in [-0.4, -0.2) is 25.9 Å². The highest BCUT2D eigenvalue weighted by Gasteiger charge is 2.12. The smallest absolute Gasteiger partial charge is 0.247 e. The highest BCUT2D eigenvalue weighted by molar-refractivity contribution is 7.22. The number of nitrogens with one attached hydrogen (secondary N) is 1. The van der Waals surface area contributed by atoms with E-state index in [9.17, 15) is 9.18 Å². The zero-order valence-electron chi connectivity index (χ0n) is 11.7. The number of halogens is 1. The van der Waals surface area contributed by atoms with Gasteiger partial charge in [-0.25, -0.2) is 14.1 Å². The molecule has 4 aromatic rings. The fourth-order valence-electron chi connectivity index (χ4n) is 2.30. The van der Waals surface area contributed by atoms with Crippen LogP contribution in [0.2, 0.25) is 0 Å². The summed E-state index contributed by atoms with van der Waals surface area (Å²) in [6, 6.07) is 12.1. The van der Waals surface area contributed by atoms with Gasteiger partial charge in [-0.05, 0) is 24.3 Å². The fraction of sp³-hybridized carbons (Fsp3) is 0.0667. The maximum absolute atomic E-state index is 13.6. The van der Waals surface area contributed by atoms with E-state index >= 15 is 0 Å². The molecule has 0 aliphatic heterocycles. The van der Waals surface area contributed by atoms with E-state index in [-0.39, 0.29) is 18.0 Å². The predicted octanol–water partition coefficient (Wildman–Crippen LogP) is 2.82. The summed E-state index contributed by atoms with van der Waals surface area (Å²) in [6.45, 7) is 0.0128. The fourth-order valence-corrected chi connectivity index (χ4v) is 3.19. The molecule has 1 N–H and O–H groups in total. The molecule has 0 atom stereocenters. The molecule has 0 aliphatic rings. The molecule has 6 nitrogen and oxygen atoms in total. The van der Waals surface area contributed by atoms with Crippen molar-refractivity contribution in [2.45, 2.75) is 6.54 Å². The first-order valence-electron chi connectivity index (χ1n) is 6.84. The van der Waals surface area contributed by atoms with Crippen molar-refractivity contribution in [2.75, 3.05) is 5.32 Å². The van der Waals surface area contributed by atoms with E-state index in [0.29, 0.717) is 9.83 Å². The molecular formula is C15H10FN5OS. The van der Waals surface area contributed by atoms with E-state index in [1.165, 1.54) is 22.1 Å². The maximum Gasteiger partial charge on any atom is 0.247 e. The Kier molecular flexibility index (Phi) is 3.23. The quantitative estimate of drug-likeness (QED) is 0.628. The maximum atomic E-state index is 13.6. The molecule has 0 fully saturated rings. The normalized spacial score (nSPS) is 11.2. The Labute approximate surface area is 133 Å². The first-order valence-corrected chi connectivity index (χ1v) is 7.65. The second-order valence-electron chi connectivity index (χ2n) is 4.89. The Bertz CT molecular complexity index is 1020. The number of hydrogen-bond donors (Lipinski definition) is 1. The van der Waals surface area contributed by atoms with Crippen LogP contribution < -0.4 is 5.32 Å². The molecule has 0 saturated carbocycles. The number of rotatable bonds is 3. The lowest BCUT2D eigenvalue weighted by Gasteiger charge is -2.02. The van der Waals surface area contributed by atoms with E-state index in [0.717, 1.165) is 11.0 Å². The van der Waals surface area contributed by atoms with Gasteiger partial charge in [-0.15, -0.1) is 5.10 Å². The summed E-state index contributed by atoms with van der Waals surface area (Å²) < 4.78 is 15.8. The summed E-state index contributed by atoms with van der Waals surface area (Å²) in [7, 11) is 0. The molecule has 0 unspecified atom stereocenters. The Morgan fingerprint density at radius 1 is 1.22 bits per heavy atom. The highest BCUT2D eigenvalue weighted by atomic mass is 32.1. The summed E-state index contributed by atoms with van der Waals surface area (Å²) in [6.07, 6.45) is 0. The van der Waals surface area contributed by atoms with Crippen LogP contribution in [0.5, 0.6) is 0 Å². The number of carbonyl (C=O) groups excluding carboxylic acids is 1. The summed E-state index contributed by atoms with van der Waals surface area (Å²) in [5.74, 6) is -0.693. The van der Waals surface area contributed by atoms with Crippen LogP contribution in [0.4, 0.5) is 9.52 Å². The van der Waals surface area contributed by atoms with Gasteiger partial charge in [0.05, 0.1) is 10.2 Å². The third kappa shape index (κ3) is 2.53. The summed E-state index contributed by atoms with van der Waals surface area (Å²) in [5, 5.41) is 11.0. The Morgan fingerprint density at radius 2 is 2.09 bits per heavy atom. The molecule has 0 spiro atoms. The number of fused-ring (bicyclic) bond motifs is 2. The van der Waals surface area contributed by atoms with Crippen molar-refractivity contribution in [2.24, 2.45) is 0 Å². The average Bonchev–Trinajstić information content (AvgIpc) is 3.12. The molecule has 2 aromatic heterocycles. The number of nitrogens with zero attached hydrogens (tertiary/aromatic N) is 4. The minimum atomic E-state index is -0.401. The van der Waals surface area contributed by atoms with Gasteiger partial charge in [0.1, 0.15) is 23.4 Å². The van der Waals surface area contributed by atoms with Gasteiger partial charge in [0.2, 0.25) is 5.91 Å². The standard InChI is InChI=1S/C15H10FN5OS/c16-9-4-3-7-12-14(9)18-15(23-12)17-13(22)8-21-11-6-2-1-5-10(11)19-20-21/h1-7H,8H2,(H,17,18,22). The largest absolute Gasteiger partial charge is 0.300 e. The third-order valence-electron chi connectivity index (χ3n) is 3.33. The van der Waals surface area contributed by atoms with Gasteiger partial charge in [-0.3, -0.25) is 4.79 Å². The second kappa shape index (κ2) is 5.40. The molecule has 0 aliphatic carbocycles. The van der Waals surface area contributed by atoms with Crippen molar-refractivity contribution < 1.29 is 9.18 Å². The predicted molar refractivity (Wildman–Crippen MR) is 85.7 cm³/mol. The average molecular weight is 327 g/mol. The third-order valence-corrected chi connectivity index (χ3v) is 4.27. The molecule has 4 rings (SSSR count). The number of para-hydroxylation sites is 2. The Balaban J connectivity index is 1.56. The number of carbonyl (C=O) groups is 1. The molecule has 0 bridgehead atoms. The van der Waals surface area contributed by atoms with Crippen molar-refractivity contribution in [1.29, 1.82) is 0 Å². The molecule has 8 heteroatoms. The van der Waals surface area contributed by atoms with Gasteiger partial charge in [0.15, 0.2) is 5.13 Å². The molecule has 114 valence electrons. The van der Waals surface area contributed by atoms with Crippen molar-refractivity contribution in [3.63, 3.8) is 0 Å². The van der Waals surface area contributed by atoms with Crippen molar-refractivity contribution in [1.82, 2.24) is 20.0 Å². The number of anilines is 1. The van der Waals surface area contributed by atoms with Gasteiger partial charge in [-0.2, -0.15) is 0 Å². The summed E-state index contributed by atoms with van der Waals surface area (Å²) in [5.41, 5.74) is 1.76. The molecule has 0 saturated heterocycles. The first-order chi connectivity index (χ1) is 11.2. The lowest BCUT2D eigenvalue weighted by molar-refractivity contribution is -0.116. The number of thiazole rings is 1.